The van der Waals surface area contributed by atoms with Gasteiger partial charge in [-0.2, -0.15) is 5.10 Å². The zero-order valence-corrected chi connectivity index (χ0v) is 23.3. The van der Waals surface area contributed by atoms with Crippen LogP contribution in [0, 0.1) is 0 Å². The predicted octanol–water partition coefficient (Wildman–Crippen LogP) is 6.11. The van der Waals surface area contributed by atoms with Crippen LogP contribution in [0.1, 0.15) is 62.7 Å². The van der Waals surface area contributed by atoms with E-state index in [0.29, 0.717) is 30.7 Å². The number of nitrogens with zero attached hydrogens (tertiary/aromatic N) is 3. The molecule has 2 aromatic carbocycles. The van der Waals surface area contributed by atoms with Crippen LogP contribution < -0.4 is 17.1 Å². The Morgan fingerprint density at radius 3 is 2.58 bits per heavy atom. The van der Waals surface area contributed by atoms with Gasteiger partial charge in [-0.3, -0.25) is 0 Å². The molecule has 3 aromatic rings. The molecule has 0 unspecified atom stereocenters. The van der Waals surface area contributed by atoms with Gasteiger partial charge in [0.15, 0.2) is 11.0 Å². The maximum absolute atomic E-state index is 6.63. The normalized spacial score (nSPS) is 12.4. The predicted molar refractivity (Wildman–Crippen MR) is 158 cm³/mol. The Hall–Kier alpha value is -3.39. The molecule has 7 nitrogen and oxygen atoms in total. The minimum atomic E-state index is 0.397. The summed E-state index contributed by atoms with van der Waals surface area (Å²) < 4.78 is 8.28. The van der Waals surface area contributed by atoms with Crippen LogP contribution in [0.2, 0.25) is 5.15 Å². The maximum atomic E-state index is 6.63. The van der Waals surface area contributed by atoms with Gasteiger partial charge >= 0.3 is 0 Å². The summed E-state index contributed by atoms with van der Waals surface area (Å²) in [4.78, 5) is 4.70. The highest BCUT2D eigenvalue weighted by Crippen LogP contribution is 2.26. The number of benzene rings is 2. The highest BCUT2D eigenvalue weighted by atomic mass is 35.5. The first kappa shape index (κ1) is 29.2. The smallest absolute Gasteiger partial charge is 0.167 e. The number of allylic oxidation sites excluding steroid dienone is 2. The van der Waals surface area contributed by atoms with Crippen molar-refractivity contribution in [2.45, 2.75) is 59.6 Å². The quantitative estimate of drug-likeness (QED) is 0.0807. The molecular formula is C30H39ClN6O. The van der Waals surface area contributed by atoms with Crippen molar-refractivity contribution in [3.63, 3.8) is 0 Å². The Labute approximate surface area is 231 Å². The van der Waals surface area contributed by atoms with E-state index in [1.54, 1.807) is 0 Å². The van der Waals surface area contributed by atoms with E-state index in [1.807, 2.05) is 31.2 Å². The van der Waals surface area contributed by atoms with Crippen molar-refractivity contribution < 1.29 is 4.74 Å². The molecule has 202 valence electrons. The lowest BCUT2D eigenvalue weighted by Gasteiger charge is -2.14. The molecule has 0 saturated carbocycles. The Balaban J connectivity index is 1.85. The number of nitrogens with one attached hydrogen (secondary N) is 1. The van der Waals surface area contributed by atoms with Crippen LogP contribution >= 0.6 is 11.6 Å². The zero-order chi connectivity index (χ0) is 27.3. The van der Waals surface area contributed by atoms with Gasteiger partial charge in [0.25, 0.3) is 0 Å². The molecule has 0 atom stereocenters. The van der Waals surface area contributed by atoms with Crippen molar-refractivity contribution in [3.8, 4) is 11.1 Å². The summed E-state index contributed by atoms with van der Waals surface area (Å²) in [5.74, 6) is 12.6. The fourth-order valence-corrected chi connectivity index (χ4v) is 4.47. The standard InChI is InChI=1S/C30H39ClN6O/c1-4-7-11-22(6-3)20-38-21-27-29(31)34-28(14-8-5-2)37(27)19-23-15-17-24(18-16-23)25-12-9-10-13-26(25)30(35-32)36-33/h6-7,9-13,15-18H,4-5,8,14,19-21,32-33H2,1-3H3,(H,35,36)/b11-7-,22-6+. The molecule has 38 heavy (non-hydrogen) atoms. The second-order valence-corrected chi connectivity index (χ2v) is 9.34. The van der Waals surface area contributed by atoms with Crippen molar-refractivity contribution in [1.82, 2.24) is 15.0 Å². The molecule has 3 rings (SSSR count). The number of imidazole rings is 1. The van der Waals surface area contributed by atoms with Crippen molar-refractivity contribution in [2.75, 3.05) is 6.61 Å². The average molecular weight is 535 g/mol. The summed E-state index contributed by atoms with van der Waals surface area (Å²) in [6, 6.07) is 16.3. The van der Waals surface area contributed by atoms with Gasteiger partial charge in [0, 0.05) is 18.5 Å². The minimum absolute atomic E-state index is 0.397. The van der Waals surface area contributed by atoms with E-state index in [9.17, 15) is 0 Å². The second kappa shape index (κ2) is 15.1. The largest absolute Gasteiger partial charge is 0.370 e. The number of hydrazine groups is 1. The third-order valence-electron chi connectivity index (χ3n) is 6.36. The monoisotopic (exact) mass is 534 g/mol. The van der Waals surface area contributed by atoms with Crippen LogP contribution in [0.15, 0.2) is 77.4 Å². The number of hydrazone groups is 1. The molecule has 0 fully saturated rings. The molecule has 0 saturated heterocycles. The lowest BCUT2D eigenvalue weighted by atomic mass is 9.98. The Morgan fingerprint density at radius 2 is 1.92 bits per heavy atom. The van der Waals surface area contributed by atoms with Crippen LogP contribution in [0.25, 0.3) is 11.1 Å². The molecule has 5 N–H and O–H groups in total. The summed E-state index contributed by atoms with van der Waals surface area (Å²) in [6.45, 7) is 7.91. The van der Waals surface area contributed by atoms with Gasteiger partial charge in [0.1, 0.15) is 5.82 Å². The van der Waals surface area contributed by atoms with E-state index in [0.717, 1.165) is 65.0 Å². The third kappa shape index (κ3) is 7.57. The summed E-state index contributed by atoms with van der Waals surface area (Å²) in [5.41, 5.74) is 8.62. The summed E-state index contributed by atoms with van der Waals surface area (Å²) in [5, 5.41) is 4.29. The highest BCUT2D eigenvalue weighted by molar-refractivity contribution is 6.30. The number of rotatable bonds is 13. The van der Waals surface area contributed by atoms with E-state index < -0.39 is 0 Å². The van der Waals surface area contributed by atoms with E-state index in [-0.39, 0.29) is 0 Å². The first-order valence-corrected chi connectivity index (χ1v) is 13.5. The van der Waals surface area contributed by atoms with Gasteiger partial charge in [0.2, 0.25) is 0 Å². The number of unbranched alkanes of at least 4 members (excludes halogenated alkanes) is 1. The molecule has 0 aliphatic rings. The lowest BCUT2D eigenvalue weighted by Crippen LogP contribution is -2.32. The van der Waals surface area contributed by atoms with Gasteiger partial charge in [-0.15, -0.1) is 0 Å². The molecule has 0 bridgehead atoms. The van der Waals surface area contributed by atoms with Crippen molar-refractivity contribution in [3.05, 3.63) is 100 Å². The van der Waals surface area contributed by atoms with Gasteiger partial charge in [-0.25, -0.2) is 10.8 Å². The fraction of sp³-hybridized carbons (Fsp3) is 0.333. The number of amidine groups is 1. The first-order chi connectivity index (χ1) is 18.6. The Kier molecular flexibility index (Phi) is 11.6. The van der Waals surface area contributed by atoms with Gasteiger partial charge in [-0.05, 0) is 42.0 Å². The molecular weight excluding hydrogens is 496 g/mol. The number of aromatic nitrogens is 2. The van der Waals surface area contributed by atoms with Crippen LogP contribution in [0.3, 0.4) is 0 Å². The van der Waals surface area contributed by atoms with Crippen LogP contribution in [0.5, 0.6) is 0 Å². The summed E-state index contributed by atoms with van der Waals surface area (Å²) in [7, 11) is 0. The number of halogens is 1. The molecule has 0 spiro atoms. The average Bonchev–Trinajstić information content (AvgIpc) is 3.24. The van der Waals surface area contributed by atoms with Gasteiger partial charge in [-0.1, -0.05) is 98.6 Å². The van der Waals surface area contributed by atoms with Crippen LogP contribution in [-0.4, -0.2) is 22.0 Å². The van der Waals surface area contributed by atoms with E-state index >= 15 is 0 Å². The van der Waals surface area contributed by atoms with Gasteiger partial charge in [0.05, 0.1) is 18.9 Å². The maximum Gasteiger partial charge on any atom is 0.167 e. The SMILES string of the molecule is C/C=C(\C=C/CC)COCc1c(Cl)nc(CCCC)n1Cc1ccc(-c2ccccc2C(=NN)NN)cc1. The van der Waals surface area contributed by atoms with Crippen LogP contribution in [0.4, 0.5) is 0 Å². The highest BCUT2D eigenvalue weighted by Gasteiger charge is 2.17. The summed E-state index contributed by atoms with van der Waals surface area (Å²) >= 11 is 6.63. The third-order valence-corrected chi connectivity index (χ3v) is 6.66. The molecule has 0 aliphatic heterocycles. The zero-order valence-electron chi connectivity index (χ0n) is 22.6. The van der Waals surface area contributed by atoms with Crippen molar-refractivity contribution in [1.29, 1.82) is 0 Å². The van der Waals surface area contributed by atoms with Crippen LogP contribution in [-0.2, 0) is 24.3 Å². The topological polar surface area (TPSA) is 103 Å². The number of ether oxygens (including phenoxy) is 1. The molecule has 1 aromatic heterocycles. The molecule has 0 aliphatic carbocycles. The van der Waals surface area contributed by atoms with E-state index in [4.69, 9.17) is 33.0 Å². The fourth-order valence-electron chi connectivity index (χ4n) is 4.22. The van der Waals surface area contributed by atoms with E-state index in [1.165, 1.54) is 0 Å². The number of nitrogens with two attached hydrogens (primary N) is 2. The number of hydrogen-bond acceptors (Lipinski definition) is 5. The minimum Gasteiger partial charge on any atom is -0.370 e. The Bertz CT molecular complexity index is 1260. The molecule has 0 radical (unpaired) electrons. The van der Waals surface area contributed by atoms with Gasteiger partial charge < -0.3 is 20.6 Å². The first-order valence-electron chi connectivity index (χ1n) is 13.1. The Morgan fingerprint density at radius 1 is 1.16 bits per heavy atom. The van der Waals surface area contributed by atoms with Crippen molar-refractivity contribution >= 4 is 17.4 Å². The number of aryl methyl sites for hydroxylation is 1. The molecule has 1 heterocycles. The summed E-state index contributed by atoms with van der Waals surface area (Å²) in [6.07, 6.45) is 10.3. The van der Waals surface area contributed by atoms with Crippen molar-refractivity contribution in [2.24, 2.45) is 16.8 Å². The lowest BCUT2D eigenvalue weighted by molar-refractivity contribution is 0.138. The second-order valence-electron chi connectivity index (χ2n) is 8.99. The number of hydrogen-bond donors (Lipinski definition) is 3. The molecule has 0 amide bonds. The molecule has 8 heteroatoms. The van der Waals surface area contributed by atoms with E-state index in [2.05, 4.69) is 71.4 Å².